The summed E-state index contributed by atoms with van der Waals surface area (Å²) in [5, 5.41) is 0. The quantitative estimate of drug-likeness (QED) is 0.675. The van der Waals surface area contributed by atoms with Gasteiger partial charge in [0.1, 0.15) is 0 Å². The molecular formula is C23H32O5. The molecule has 4 aliphatic carbocycles. The second-order valence-electron chi connectivity index (χ2n) is 9.89. The molecule has 4 aliphatic rings. The summed E-state index contributed by atoms with van der Waals surface area (Å²) in [6.45, 7) is 4.50. The second-order valence-corrected chi connectivity index (χ2v) is 9.89. The van der Waals surface area contributed by atoms with E-state index >= 15 is 0 Å². The number of ether oxygens (including phenoxy) is 2. The molecule has 0 radical (unpaired) electrons. The highest BCUT2D eigenvalue weighted by Gasteiger charge is 2.62. The van der Waals surface area contributed by atoms with Gasteiger partial charge in [-0.25, -0.2) is 0 Å². The highest BCUT2D eigenvalue weighted by molar-refractivity contribution is 5.95. The van der Waals surface area contributed by atoms with Crippen molar-refractivity contribution >= 4 is 17.7 Å². The number of fused-ring (bicyclic) bond motifs is 5. The molecule has 0 aromatic rings. The summed E-state index contributed by atoms with van der Waals surface area (Å²) in [4.78, 5) is 37.7. The second kappa shape index (κ2) is 6.70. The lowest BCUT2D eigenvalue weighted by Crippen LogP contribution is -2.53. The molecule has 3 fully saturated rings. The smallest absolute Gasteiger partial charge is 0.309 e. The average Bonchev–Trinajstić information content (AvgIpc) is 3.04. The highest BCUT2D eigenvalue weighted by atomic mass is 16.5. The van der Waals surface area contributed by atoms with Gasteiger partial charge in [0.05, 0.1) is 26.1 Å². The maximum Gasteiger partial charge on any atom is 0.309 e. The van der Waals surface area contributed by atoms with E-state index in [9.17, 15) is 14.4 Å². The first-order valence-electron chi connectivity index (χ1n) is 10.7. The van der Waals surface area contributed by atoms with Gasteiger partial charge in [-0.3, -0.25) is 14.4 Å². The Bertz CT molecular complexity index is 739. The van der Waals surface area contributed by atoms with E-state index in [1.54, 1.807) is 0 Å². The van der Waals surface area contributed by atoms with Crippen molar-refractivity contribution in [1.29, 1.82) is 0 Å². The molecule has 0 aromatic carbocycles. The third kappa shape index (κ3) is 2.61. The van der Waals surface area contributed by atoms with Gasteiger partial charge in [0.25, 0.3) is 0 Å². The molecule has 0 saturated heterocycles. The Morgan fingerprint density at radius 3 is 2.36 bits per heavy atom. The summed E-state index contributed by atoms with van der Waals surface area (Å²) in [7, 11) is 2.90. The van der Waals surface area contributed by atoms with E-state index in [0.29, 0.717) is 12.3 Å². The molecule has 154 valence electrons. The minimum atomic E-state index is -0.162. The third-order valence-electron chi connectivity index (χ3n) is 8.97. The molecule has 0 spiro atoms. The van der Waals surface area contributed by atoms with Crippen LogP contribution in [0.15, 0.2) is 11.6 Å². The number of hydrogen-bond acceptors (Lipinski definition) is 5. The van der Waals surface area contributed by atoms with Gasteiger partial charge in [0, 0.05) is 5.92 Å². The molecule has 0 bridgehead atoms. The number of rotatable bonds is 2. The number of hydrogen-bond donors (Lipinski definition) is 0. The number of carbonyl (C=O) groups is 3. The van der Waals surface area contributed by atoms with Crippen LogP contribution in [0.4, 0.5) is 0 Å². The summed E-state index contributed by atoms with van der Waals surface area (Å²) in [6, 6.07) is 0. The van der Waals surface area contributed by atoms with E-state index < -0.39 is 0 Å². The molecule has 2 unspecified atom stereocenters. The lowest BCUT2D eigenvalue weighted by molar-refractivity contribution is -0.155. The van der Waals surface area contributed by atoms with Crippen molar-refractivity contribution < 1.29 is 23.9 Å². The first-order chi connectivity index (χ1) is 13.3. The Labute approximate surface area is 167 Å². The van der Waals surface area contributed by atoms with Crippen LogP contribution in [0.3, 0.4) is 0 Å². The number of allylic oxidation sites excluding steroid dienone is 2. The average molecular weight is 389 g/mol. The summed E-state index contributed by atoms with van der Waals surface area (Å²) < 4.78 is 10.0. The van der Waals surface area contributed by atoms with Crippen LogP contribution in [-0.2, 0) is 23.9 Å². The van der Waals surface area contributed by atoms with E-state index in [4.69, 9.17) is 9.47 Å². The standard InChI is InChI=1S/C23H32O5/c1-22-9-7-13(20(25)27-3)11-14(22)12-18(24)19-15-5-6-17(21(26)28-4)23(15,2)10-8-16(19)22/h12-13,15-17,19H,5-11H2,1-4H3/t13?,15-,16+,17?,19-,22-,23-/m0/s1. The SMILES string of the molecule is COC(=O)C1CC[C@@]2(C)C(=CC(=O)[C@@H]3[C@H]2CC[C@]2(C)C(C(=O)OC)CC[C@@H]32)C1. The van der Waals surface area contributed by atoms with E-state index in [1.807, 2.05) is 6.08 Å². The van der Waals surface area contributed by atoms with Gasteiger partial charge in [0.2, 0.25) is 0 Å². The molecule has 0 aliphatic heterocycles. The van der Waals surface area contributed by atoms with Gasteiger partial charge in [-0.05, 0) is 73.7 Å². The number of esters is 2. The van der Waals surface area contributed by atoms with E-state index in [1.165, 1.54) is 14.2 Å². The van der Waals surface area contributed by atoms with Gasteiger partial charge in [0.15, 0.2) is 5.78 Å². The zero-order valence-corrected chi connectivity index (χ0v) is 17.5. The number of methoxy groups -OCH3 is 2. The first kappa shape index (κ1) is 19.7. The Balaban J connectivity index is 1.66. The van der Waals surface area contributed by atoms with Gasteiger partial charge >= 0.3 is 11.9 Å². The largest absolute Gasteiger partial charge is 0.469 e. The maximum absolute atomic E-state index is 13.3. The van der Waals surface area contributed by atoms with Gasteiger partial charge < -0.3 is 9.47 Å². The maximum atomic E-state index is 13.3. The Kier molecular flexibility index (Phi) is 4.71. The lowest BCUT2D eigenvalue weighted by Gasteiger charge is -2.57. The predicted octanol–water partition coefficient (Wildman–Crippen LogP) is 3.71. The van der Waals surface area contributed by atoms with Crippen molar-refractivity contribution in [2.75, 3.05) is 14.2 Å². The molecule has 5 nitrogen and oxygen atoms in total. The monoisotopic (exact) mass is 388 g/mol. The van der Waals surface area contributed by atoms with Crippen LogP contribution < -0.4 is 0 Å². The van der Waals surface area contributed by atoms with Crippen LogP contribution in [-0.4, -0.2) is 31.9 Å². The van der Waals surface area contributed by atoms with Crippen molar-refractivity contribution in [3.8, 4) is 0 Å². The van der Waals surface area contributed by atoms with Crippen molar-refractivity contribution in [2.24, 2.45) is 40.4 Å². The third-order valence-corrected chi connectivity index (χ3v) is 8.97. The highest BCUT2D eigenvalue weighted by Crippen LogP contribution is 2.65. The topological polar surface area (TPSA) is 69.7 Å². The normalized spacial score (nSPS) is 44.6. The van der Waals surface area contributed by atoms with E-state index in [2.05, 4.69) is 13.8 Å². The fourth-order valence-corrected chi connectivity index (χ4v) is 7.30. The Hall–Kier alpha value is -1.65. The lowest BCUT2D eigenvalue weighted by atomic mass is 9.46. The van der Waals surface area contributed by atoms with Crippen LogP contribution in [0, 0.1) is 40.4 Å². The molecule has 0 amide bonds. The van der Waals surface area contributed by atoms with Gasteiger partial charge in [-0.2, -0.15) is 0 Å². The zero-order chi connectivity index (χ0) is 20.3. The Morgan fingerprint density at radius 2 is 1.68 bits per heavy atom. The van der Waals surface area contributed by atoms with Crippen LogP contribution in [0.25, 0.3) is 0 Å². The van der Waals surface area contributed by atoms with Crippen molar-refractivity contribution in [3.63, 3.8) is 0 Å². The first-order valence-corrected chi connectivity index (χ1v) is 10.7. The van der Waals surface area contributed by atoms with Crippen LogP contribution >= 0.6 is 0 Å². The number of carbonyl (C=O) groups excluding carboxylic acids is 3. The molecule has 7 atom stereocenters. The van der Waals surface area contributed by atoms with E-state index in [0.717, 1.165) is 44.1 Å². The van der Waals surface area contributed by atoms with Gasteiger partial charge in [-0.1, -0.05) is 19.4 Å². The fourth-order valence-electron chi connectivity index (χ4n) is 7.30. The Morgan fingerprint density at radius 1 is 0.964 bits per heavy atom. The van der Waals surface area contributed by atoms with Crippen molar-refractivity contribution in [1.82, 2.24) is 0 Å². The minimum Gasteiger partial charge on any atom is -0.469 e. The molecule has 0 N–H and O–H groups in total. The predicted molar refractivity (Wildman–Crippen MR) is 103 cm³/mol. The van der Waals surface area contributed by atoms with Crippen LogP contribution in [0.1, 0.15) is 58.8 Å². The summed E-state index contributed by atoms with van der Waals surface area (Å²) in [6.07, 6.45) is 7.93. The molecule has 28 heavy (non-hydrogen) atoms. The van der Waals surface area contributed by atoms with Crippen molar-refractivity contribution in [3.05, 3.63) is 11.6 Å². The van der Waals surface area contributed by atoms with Crippen LogP contribution in [0.2, 0.25) is 0 Å². The summed E-state index contributed by atoms with van der Waals surface area (Å²) in [5.74, 6) is 0.269. The van der Waals surface area contributed by atoms with E-state index in [-0.39, 0.29) is 52.2 Å². The molecule has 0 heterocycles. The fraction of sp³-hybridized carbons (Fsp3) is 0.783. The molecular weight excluding hydrogens is 356 g/mol. The molecule has 5 heteroatoms. The van der Waals surface area contributed by atoms with Crippen LogP contribution in [0.5, 0.6) is 0 Å². The summed E-state index contributed by atoms with van der Waals surface area (Å²) in [5.41, 5.74) is 0.981. The number of ketones is 1. The summed E-state index contributed by atoms with van der Waals surface area (Å²) >= 11 is 0. The molecule has 0 aromatic heterocycles. The molecule has 4 rings (SSSR count). The van der Waals surface area contributed by atoms with Crippen molar-refractivity contribution in [2.45, 2.75) is 58.8 Å². The zero-order valence-electron chi connectivity index (χ0n) is 17.5. The molecule has 3 saturated carbocycles. The van der Waals surface area contributed by atoms with Gasteiger partial charge in [-0.15, -0.1) is 0 Å². The minimum absolute atomic E-state index is 0.00293.